The molecule has 4 rings (SSSR count). The highest BCUT2D eigenvalue weighted by Crippen LogP contribution is 2.38. The molecule has 1 N–H and O–H groups in total. The Kier molecular flexibility index (Phi) is 9.19. The van der Waals surface area contributed by atoms with Crippen molar-refractivity contribution in [3.63, 3.8) is 0 Å². The summed E-state index contributed by atoms with van der Waals surface area (Å²) in [6, 6.07) is 22.1. The van der Waals surface area contributed by atoms with Crippen LogP contribution in [0.5, 0.6) is 0 Å². The monoisotopic (exact) mass is 585 g/mol. The van der Waals surface area contributed by atoms with Crippen molar-refractivity contribution in [2.24, 2.45) is 0 Å². The molecule has 1 heterocycles. The lowest BCUT2D eigenvalue weighted by Crippen LogP contribution is -2.44. The summed E-state index contributed by atoms with van der Waals surface area (Å²) in [5.41, 5.74) is 3.86. The fourth-order valence-corrected chi connectivity index (χ4v) is 6.52. The molecule has 1 fully saturated rings. The molecule has 1 aliphatic heterocycles. The minimum Gasteiger partial charge on any atom is -0.348 e. The van der Waals surface area contributed by atoms with Gasteiger partial charge in [0, 0.05) is 47.5 Å². The van der Waals surface area contributed by atoms with Crippen LogP contribution in [0.15, 0.2) is 78.4 Å². The van der Waals surface area contributed by atoms with Crippen LogP contribution < -0.4 is 5.32 Å². The minimum absolute atomic E-state index is 0.0539. The Morgan fingerprint density at radius 3 is 1.92 bits per heavy atom. The highest BCUT2D eigenvalue weighted by molar-refractivity contribution is 8.00. The fraction of sp³-hybridized carbons (Fsp3) is 0.300. The Hall–Kier alpha value is -2.68. The fourth-order valence-electron chi connectivity index (χ4n) is 5.06. The van der Waals surface area contributed by atoms with E-state index in [0.717, 1.165) is 16.7 Å². The van der Waals surface area contributed by atoms with Crippen molar-refractivity contribution < 1.29 is 13.2 Å². The van der Waals surface area contributed by atoms with E-state index < -0.39 is 9.84 Å². The number of likely N-dealkylation sites (N-methyl/N-ethyl adjacent to an activating group) is 1. The first-order valence-corrected chi connectivity index (χ1v) is 15.3. The van der Waals surface area contributed by atoms with E-state index in [4.69, 9.17) is 23.2 Å². The molecule has 0 saturated carbocycles. The summed E-state index contributed by atoms with van der Waals surface area (Å²) in [5.74, 6) is -0.232. The molecule has 3 aromatic carbocycles. The zero-order chi connectivity index (χ0) is 28.3. The summed E-state index contributed by atoms with van der Waals surface area (Å²) < 4.78 is 26.1. The molecule has 1 aliphatic rings. The van der Waals surface area contributed by atoms with Crippen LogP contribution in [0.2, 0.25) is 10.0 Å². The number of likely N-dealkylation sites (tertiary alicyclic amines) is 1. The first kappa shape index (κ1) is 29.3. The van der Waals surface area contributed by atoms with Crippen LogP contribution in [-0.4, -0.2) is 70.2 Å². The Balaban J connectivity index is 1.64. The second-order valence-electron chi connectivity index (χ2n) is 10.3. The molecular weight excluding hydrogens is 553 g/mol. The first-order valence-electron chi connectivity index (χ1n) is 12.7. The quantitative estimate of drug-likeness (QED) is 0.357. The molecule has 0 bridgehead atoms. The summed E-state index contributed by atoms with van der Waals surface area (Å²) in [4.78, 5) is 17.4. The number of benzene rings is 3. The van der Waals surface area contributed by atoms with E-state index in [2.05, 4.69) is 10.2 Å². The van der Waals surface area contributed by atoms with Crippen LogP contribution in [0, 0.1) is 0 Å². The lowest BCUT2D eigenvalue weighted by molar-refractivity contribution is 0.0934. The average Bonchev–Trinajstić information content (AvgIpc) is 2.83. The predicted octanol–water partition coefficient (Wildman–Crippen LogP) is 5.53. The Labute approximate surface area is 241 Å². The zero-order valence-electron chi connectivity index (χ0n) is 22.5. The van der Waals surface area contributed by atoms with Crippen LogP contribution in [0.1, 0.15) is 40.0 Å². The first-order chi connectivity index (χ1) is 18.4. The van der Waals surface area contributed by atoms with Crippen molar-refractivity contribution in [1.29, 1.82) is 0 Å². The number of nitrogens with zero attached hydrogens (tertiary/aromatic N) is 2. The van der Waals surface area contributed by atoms with Gasteiger partial charge in [0.15, 0.2) is 9.84 Å². The molecule has 0 radical (unpaired) electrons. The molecular formula is C30H33Cl2N3O3S. The van der Waals surface area contributed by atoms with Gasteiger partial charge in [0.1, 0.15) is 0 Å². The van der Waals surface area contributed by atoms with Crippen molar-refractivity contribution >= 4 is 43.9 Å². The number of nitrogens with one attached hydrogen (secondary N) is 1. The Morgan fingerprint density at radius 1 is 0.923 bits per heavy atom. The van der Waals surface area contributed by atoms with E-state index in [0.29, 0.717) is 40.8 Å². The van der Waals surface area contributed by atoms with Gasteiger partial charge in [0.25, 0.3) is 5.91 Å². The minimum atomic E-state index is -3.57. The van der Waals surface area contributed by atoms with Gasteiger partial charge in [0.2, 0.25) is 0 Å². The number of carbonyl (C=O) groups excluding carboxylic acids is 1. The lowest BCUT2D eigenvalue weighted by Gasteiger charge is -2.42. The topological polar surface area (TPSA) is 69.7 Å². The van der Waals surface area contributed by atoms with Gasteiger partial charge in [-0.05, 0) is 79.7 Å². The molecule has 206 valence electrons. The van der Waals surface area contributed by atoms with Gasteiger partial charge in [-0.25, -0.2) is 8.42 Å². The lowest BCUT2D eigenvalue weighted by atomic mass is 9.92. The summed E-state index contributed by atoms with van der Waals surface area (Å²) >= 11 is 12.3. The summed E-state index contributed by atoms with van der Waals surface area (Å²) in [5, 5.41) is 4.28. The molecule has 9 heteroatoms. The number of halogens is 2. The molecule has 39 heavy (non-hydrogen) atoms. The molecule has 1 unspecified atom stereocenters. The van der Waals surface area contributed by atoms with Crippen LogP contribution in [0.3, 0.4) is 0 Å². The summed E-state index contributed by atoms with van der Waals surface area (Å²) in [7, 11) is 0.320. The van der Waals surface area contributed by atoms with E-state index >= 15 is 0 Å². The van der Waals surface area contributed by atoms with E-state index in [1.807, 2.05) is 74.4 Å². The Bertz CT molecular complexity index is 1420. The van der Waals surface area contributed by atoms with Gasteiger partial charge < -0.3 is 10.2 Å². The average molecular weight is 587 g/mol. The largest absolute Gasteiger partial charge is 0.348 e. The molecule has 1 atom stereocenters. The summed E-state index contributed by atoms with van der Waals surface area (Å²) in [6.45, 7) is 3.57. The van der Waals surface area contributed by atoms with Gasteiger partial charge in [-0.15, -0.1) is 0 Å². The number of hydrogen-bond donors (Lipinski definition) is 1. The van der Waals surface area contributed by atoms with Gasteiger partial charge in [-0.1, -0.05) is 59.6 Å². The maximum Gasteiger partial charge on any atom is 0.251 e. The van der Waals surface area contributed by atoms with Gasteiger partial charge in [-0.3, -0.25) is 9.69 Å². The predicted molar refractivity (Wildman–Crippen MR) is 160 cm³/mol. The number of sulfone groups is 1. The molecule has 1 amide bonds. The highest BCUT2D eigenvalue weighted by atomic mass is 35.5. The third-order valence-corrected chi connectivity index (χ3v) is 8.39. The van der Waals surface area contributed by atoms with Crippen LogP contribution in [0.4, 0.5) is 0 Å². The second-order valence-corrected chi connectivity index (χ2v) is 13.2. The standard InChI is InChI=1S/C30H33Cl2N3O3S/c1-20(17-34(2)3)33-30(36)24-7-5-6-23(16-24)29(39(4,37)38)25-18-35(19-25)28(21-8-12-26(31)13-9-21)22-10-14-27(32)15-11-22/h5-16,20,28H,17-19H2,1-4H3,(H,33,36). The molecule has 3 aromatic rings. The second kappa shape index (κ2) is 12.2. The van der Waals surface area contributed by atoms with Gasteiger partial charge in [-0.2, -0.15) is 0 Å². The highest BCUT2D eigenvalue weighted by Gasteiger charge is 2.34. The van der Waals surface area contributed by atoms with Crippen LogP contribution >= 0.6 is 23.2 Å². The number of hydrogen-bond acceptors (Lipinski definition) is 5. The van der Waals surface area contributed by atoms with E-state index in [-0.39, 0.29) is 22.9 Å². The van der Waals surface area contributed by atoms with E-state index in [9.17, 15) is 13.2 Å². The number of carbonyl (C=O) groups is 1. The third-order valence-electron chi connectivity index (χ3n) is 6.62. The van der Waals surface area contributed by atoms with Crippen molar-refractivity contribution in [3.8, 4) is 0 Å². The van der Waals surface area contributed by atoms with Crippen LogP contribution in [-0.2, 0) is 9.84 Å². The number of rotatable bonds is 9. The van der Waals surface area contributed by atoms with Crippen molar-refractivity contribution in [2.75, 3.05) is 40.0 Å². The SMILES string of the molecule is CC(CN(C)C)NC(=O)c1cccc(C(=C2CN(C(c3ccc(Cl)cc3)c3ccc(Cl)cc3)C2)S(C)(=O)=O)c1. The van der Waals surface area contributed by atoms with Gasteiger partial charge in [0.05, 0.1) is 10.9 Å². The maximum absolute atomic E-state index is 13.0. The molecule has 0 aromatic heterocycles. The maximum atomic E-state index is 13.0. The normalized spacial score (nSPS) is 14.8. The van der Waals surface area contributed by atoms with E-state index in [1.165, 1.54) is 6.26 Å². The molecule has 1 saturated heterocycles. The van der Waals surface area contributed by atoms with Gasteiger partial charge >= 0.3 is 0 Å². The molecule has 0 spiro atoms. The molecule has 6 nitrogen and oxygen atoms in total. The molecule has 0 aliphatic carbocycles. The summed E-state index contributed by atoms with van der Waals surface area (Å²) in [6.07, 6.45) is 1.22. The van der Waals surface area contributed by atoms with Crippen LogP contribution in [0.25, 0.3) is 4.91 Å². The smallest absolute Gasteiger partial charge is 0.251 e. The van der Waals surface area contributed by atoms with Crippen molar-refractivity contribution in [3.05, 3.63) is 111 Å². The zero-order valence-corrected chi connectivity index (χ0v) is 24.8. The van der Waals surface area contributed by atoms with E-state index in [1.54, 1.807) is 24.3 Å². The number of amides is 1. The van der Waals surface area contributed by atoms with Crippen molar-refractivity contribution in [2.45, 2.75) is 19.0 Å². The third kappa shape index (κ3) is 7.29. The van der Waals surface area contributed by atoms with Crippen molar-refractivity contribution in [1.82, 2.24) is 15.1 Å². The Morgan fingerprint density at radius 2 is 1.44 bits per heavy atom.